The molecule has 0 aliphatic carbocycles. The van der Waals surface area contributed by atoms with Crippen molar-refractivity contribution in [3.8, 4) is 0 Å². The first-order valence-corrected chi connectivity index (χ1v) is 16.8. The average Bonchev–Trinajstić information content (AvgIpc) is 2.94. The molecule has 2 rings (SSSR count). The topological polar surface area (TPSA) is 55.8 Å². The molecule has 0 aliphatic heterocycles. The van der Waals surface area contributed by atoms with Gasteiger partial charge in [0.1, 0.15) is 6.29 Å². The molecule has 1 atom stereocenters. The fourth-order valence-electron chi connectivity index (χ4n) is 5.44. The average molecular weight is 541 g/mol. The van der Waals surface area contributed by atoms with Crippen LogP contribution in [0.4, 0.5) is 0 Å². The molecule has 0 saturated carbocycles. The van der Waals surface area contributed by atoms with Crippen LogP contribution in [0.5, 0.6) is 0 Å². The summed E-state index contributed by atoms with van der Waals surface area (Å²) in [6.07, 6.45) is 12.9. The smallest absolute Gasteiger partial charge is 0.258 e. The molecular weight excluding hydrogens is 488 g/mol. The van der Waals surface area contributed by atoms with Gasteiger partial charge >= 0.3 is 0 Å². The van der Waals surface area contributed by atoms with E-state index in [-0.39, 0.29) is 11.0 Å². The van der Waals surface area contributed by atoms with Crippen LogP contribution in [-0.2, 0) is 14.3 Å². The molecular formula is C33H52O4Si. The zero-order chi connectivity index (χ0) is 27.5. The van der Waals surface area contributed by atoms with Crippen LogP contribution in [0.1, 0.15) is 91.4 Å². The molecule has 0 bridgehead atoms. The molecule has 1 unspecified atom stereocenters. The van der Waals surface area contributed by atoms with Crippen LogP contribution in [0.3, 0.4) is 0 Å². The van der Waals surface area contributed by atoms with Crippen LogP contribution in [0.15, 0.2) is 60.7 Å². The van der Waals surface area contributed by atoms with Gasteiger partial charge in [0.05, 0.1) is 13.2 Å². The van der Waals surface area contributed by atoms with Crippen molar-refractivity contribution < 1.29 is 19.1 Å². The summed E-state index contributed by atoms with van der Waals surface area (Å²) in [5.41, 5.74) is 0. The minimum absolute atomic E-state index is 0.200. The van der Waals surface area contributed by atoms with E-state index < -0.39 is 8.32 Å². The highest BCUT2D eigenvalue weighted by atomic mass is 28.4. The second-order valence-corrected chi connectivity index (χ2v) is 15.3. The number of hydrogen-bond acceptors (Lipinski definition) is 4. The Bertz CT molecular complexity index is 816. The molecule has 4 nitrogen and oxygen atoms in total. The van der Waals surface area contributed by atoms with E-state index in [0.717, 1.165) is 55.4 Å². The second-order valence-electron chi connectivity index (χ2n) is 11.3. The van der Waals surface area contributed by atoms with Crippen LogP contribution in [0.25, 0.3) is 0 Å². The van der Waals surface area contributed by atoms with Crippen LogP contribution in [0.2, 0.25) is 5.04 Å². The van der Waals surface area contributed by atoms with Crippen molar-refractivity contribution in [3.63, 3.8) is 0 Å². The Kier molecular flexibility index (Phi) is 15.8. The third kappa shape index (κ3) is 10.8. The molecule has 212 valence electrons. The summed E-state index contributed by atoms with van der Waals surface area (Å²) in [6.45, 7) is 9.45. The van der Waals surface area contributed by atoms with Gasteiger partial charge in [-0.1, -0.05) is 120 Å². The van der Waals surface area contributed by atoms with E-state index >= 15 is 0 Å². The van der Waals surface area contributed by atoms with Crippen molar-refractivity contribution in [2.24, 2.45) is 5.92 Å². The predicted molar refractivity (Wildman–Crippen MR) is 162 cm³/mol. The Morgan fingerprint density at radius 3 is 1.74 bits per heavy atom. The molecule has 0 amide bonds. The molecule has 0 heterocycles. The third-order valence-corrected chi connectivity index (χ3v) is 12.1. The zero-order valence-corrected chi connectivity index (χ0v) is 25.2. The Morgan fingerprint density at radius 1 is 0.763 bits per heavy atom. The molecule has 0 saturated heterocycles. The van der Waals surface area contributed by atoms with Gasteiger partial charge < -0.3 is 19.1 Å². The lowest BCUT2D eigenvalue weighted by Crippen LogP contribution is -2.65. The highest BCUT2D eigenvalue weighted by Crippen LogP contribution is 2.41. The number of rotatable bonds is 22. The van der Waals surface area contributed by atoms with Gasteiger partial charge in [-0.15, -0.1) is 0 Å². The molecule has 0 spiro atoms. The van der Waals surface area contributed by atoms with E-state index in [9.17, 15) is 9.59 Å². The minimum Gasteiger partial charge on any atom is -0.424 e. The standard InChI is InChI=1S/C33H52O4Si/c1-4-5-6-7-9-18-25-36-28-30(29-37-26-19-10-8-17-24-34)27-33(2,3)38(35,31-20-13-11-14-21-31)32-22-15-12-16-23-32/h11-16,20-24,30,35H,4-10,17-19,25-29H2,1-3H3. The quantitative estimate of drug-likeness (QED) is 0.103. The van der Waals surface area contributed by atoms with Gasteiger partial charge in [0.25, 0.3) is 8.32 Å². The Morgan fingerprint density at radius 2 is 1.24 bits per heavy atom. The summed E-state index contributed by atoms with van der Waals surface area (Å²) < 4.78 is 12.3. The van der Waals surface area contributed by atoms with E-state index in [1.54, 1.807) is 0 Å². The number of unbranched alkanes of at least 4 members (excludes halogenated alkanes) is 8. The highest BCUT2D eigenvalue weighted by Gasteiger charge is 2.50. The Hall–Kier alpha value is -1.79. The van der Waals surface area contributed by atoms with Crippen molar-refractivity contribution in [2.45, 2.75) is 96.4 Å². The summed E-state index contributed by atoms with van der Waals surface area (Å²) in [5, 5.41) is 1.75. The van der Waals surface area contributed by atoms with E-state index in [1.165, 1.54) is 32.1 Å². The number of carbonyl (C=O) groups is 1. The summed E-state index contributed by atoms with van der Waals surface area (Å²) in [4.78, 5) is 23.1. The van der Waals surface area contributed by atoms with Gasteiger partial charge in [-0.05, 0) is 41.1 Å². The van der Waals surface area contributed by atoms with Gasteiger partial charge in [0.15, 0.2) is 0 Å². The Balaban J connectivity index is 2.08. The van der Waals surface area contributed by atoms with E-state index in [4.69, 9.17) is 9.47 Å². The molecule has 5 heteroatoms. The minimum atomic E-state index is -3.08. The third-order valence-electron chi connectivity index (χ3n) is 7.62. The van der Waals surface area contributed by atoms with Crippen LogP contribution < -0.4 is 10.4 Å². The fraction of sp³-hybridized carbons (Fsp3) is 0.606. The first-order valence-electron chi connectivity index (χ1n) is 14.9. The molecule has 2 aromatic rings. The first kappa shape index (κ1) is 32.4. The number of aldehydes is 1. The normalized spacial score (nSPS) is 12.9. The fourth-order valence-corrected chi connectivity index (χ4v) is 9.27. The molecule has 2 aromatic carbocycles. The zero-order valence-electron chi connectivity index (χ0n) is 24.2. The maximum atomic E-state index is 12.6. The SMILES string of the molecule is CCCCCCCCOCC(COCCCCCC=O)CC(C)(C)[Si](O)(c1ccccc1)c1ccccc1. The van der Waals surface area contributed by atoms with Gasteiger partial charge in [-0.2, -0.15) is 0 Å². The number of hydrogen-bond donors (Lipinski definition) is 1. The van der Waals surface area contributed by atoms with E-state index in [1.807, 2.05) is 36.4 Å². The van der Waals surface area contributed by atoms with Crippen LogP contribution in [-0.4, -0.2) is 45.8 Å². The molecule has 0 radical (unpaired) electrons. The van der Waals surface area contributed by atoms with Crippen molar-refractivity contribution in [1.29, 1.82) is 0 Å². The molecule has 0 aliphatic rings. The first-order chi connectivity index (χ1) is 18.5. The number of ether oxygens (including phenoxy) is 2. The number of benzene rings is 2. The lowest BCUT2D eigenvalue weighted by atomic mass is 9.97. The summed E-state index contributed by atoms with van der Waals surface area (Å²) in [5.74, 6) is 0.200. The maximum Gasteiger partial charge on any atom is 0.258 e. The second kappa shape index (κ2) is 18.5. The van der Waals surface area contributed by atoms with Crippen molar-refractivity contribution >= 4 is 25.0 Å². The van der Waals surface area contributed by atoms with Crippen molar-refractivity contribution in [3.05, 3.63) is 60.7 Å². The van der Waals surface area contributed by atoms with E-state index in [0.29, 0.717) is 26.2 Å². The summed E-state index contributed by atoms with van der Waals surface area (Å²) >= 11 is 0. The summed E-state index contributed by atoms with van der Waals surface area (Å²) in [7, 11) is -3.08. The van der Waals surface area contributed by atoms with E-state index in [2.05, 4.69) is 45.0 Å². The lowest BCUT2D eigenvalue weighted by Gasteiger charge is -2.43. The molecule has 0 fully saturated rings. The van der Waals surface area contributed by atoms with Crippen molar-refractivity contribution in [1.82, 2.24) is 0 Å². The van der Waals surface area contributed by atoms with Gasteiger partial charge in [-0.25, -0.2) is 0 Å². The number of carbonyl (C=O) groups excluding carboxylic acids is 1. The van der Waals surface area contributed by atoms with Crippen molar-refractivity contribution in [2.75, 3.05) is 26.4 Å². The molecule has 38 heavy (non-hydrogen) atoms. The van der Waals surface area contributed by atoms with Gasteiger partial charge in [-0.3, -0.25) is 0 Å². The molecule has 1 N–H and O–H groups in total. The Labute approximate surface area is 233 Å². The lowest BCUT2D eigenvalue weighted by molar-refractivity contribution is -0.107. The predicted octanol–water partition coefficient (Wildman–Crippen LogP) is 6.68. The van der Waals surface area contributed by atoms with Crippen LogP contribution in [0, 0.1) is 5.92 Å². The molecule has 0 aromatic heterocycles. The van der Waals surface area contributed by atoms with Gasteiger partial charge in [0.2, 0.25) is 0 Å². The summed E-state index contributed by atoms with van der Waals surface area (Å²) in [6, 6.07) is 20.5. The monoisotopic (exact) mass is 540 g/mol. The maximum absolute atomic E-state index is 12.6. The van der Waals surface area contributed by atoms with Gasteiger partial charge in [0, 0.05) is 25.6 Å². The van der Waals surface area contributed by atoms with Crippen LogP contribution >= 0.6 is 0 Å². The largest absolute Gasteiger partial charge is 0.424 e. The highest BCUT2D eigenvalue weighted by molar-refractivity contribution is 6.98.